The van der Waals surface area contributed by atoms with Gasteiger partial charge in [0.05, 0.1) is 11.4 Å². The number of guanidine groups is 1. The normalized spacial score (nSPS) is 12.4. The van der Waals surface area contributed by atoms with Crippen LogP contribution in [0.1, 0.15) is 27.2 Å². The maximum Gasteiger partial charge on any atom is 0.320 e. The molecule has 1 heterocycles. The van der Waals surface area contributed by atoms with Crippen LogP contribution in [-0.2, 0) is 17.8 Å². The van der Waals surface area contributed by atoms with Crippen LogP contribution in [0.25, 0.3) is 5.69 Å². The fraction of sp³-hybridized carbons (Fsp3) is 0.182. The fourth-order valence-corrected chi connectivity index (χ4v) is 3.24. The molecule has 0 aliphatic heterocycles. The average molecular weight is 455 g/mol. The van der Waals surface area contributed by atoms with Gasteiger partial charge in [0.1, 0.15) is 6.04 Å². The first-order chi connectivity index (χ1) is 15.2. The number of nitrogens with one attached hydrogen (secondary N) is 1. The average Bonchev–Trinajstić information content (AvgIpc) is 3.19. The Morgan fingerprint density at radius 1 is 1.22 bits per heavy atom. The minimum absolute atomic E-state index is 0.0607. The maximum atomic E-state index is 12.4. The van der Waals surface area contributed by atoms with Gasteiger partial charge in [0.25, 0.3) is 5.91 Å². The van der Waals surface area contributed by atoms with Gasteiger partial charge >= 0.3 is 5.97 Å². The number of hydrogen-bond donors (Lipinski definition) is 4. The van der Waals surface area contributed by atoms with Crippen LogP contribution in [0.3, 0.4) is 0 Å². The van der Waals surface area contributed by atoms with Crippen molar-refractivity contribution in [3.8, 4) is 5.69 Å². The number of nitrogens with zero attached hydrogens (tertiary/aromatic N) is 3. The van der Waals surface area contributed by atoms with Crippen LogP contribution in [0.15, 0.2) is 59.7 Å². The molecular weight excluding hydrogens is 432 g/mol. The molecule has 3 aromatic rings. The van der Waals surface area contributed by atoms with E-state index in [9.17, 15) is 9.59 Å². The summed E-state index contributed by atoms with van der Waals surface area (Å²) < 4.78 is 1.72. The molecule has 10 heteroatoms. The van der Waals surface area contributed by atoms with Crippen molar-refractivity contribution in [2.45, 2.75) is 25.9 Å². The maximum absolute atomic E-state index is 12.4. The smallest absolute Gasteiger partial charge is 0.320 e. The van der Waals surface area contributed by atoms with Crippen LogP contribution < -0.4 is 16.8 Å². The number of carbonyl (C=O) groups excluding carboxylic acids is 1. The van der Waals surface area contributed by atoms with E-state index >= 15 is 0 Å². The summed E-state index contributed by atoms with van der Waals surface area (Å²) in [4.78, 5) is 27.1. The second-order valence-corrected chi connectivity index (χ2v) is 7.55. The summed E-state index contributed by atoms with van der Waals surface area (Å²) in [6.45, 7) is 2.13. The summed E-state index contributed by atoms with van der Waals surface area (Å²) in [5, 5.41) is 16.7. The SMILES string of the molecule is Cc1ccn(-c2cccc(Cl)c2CN/C(N)=N/C(=O)c2ccc(C[C@H](N)C(=O)O)cc2)n1. The lowest BCUT2D eigenvalue weighted by Crippen LogP contribution is -2.32. The molecule has 0 aliphatic carbocycles. The minimum atomic E-state index is -1.09. The van der Waals surface area contributed by atoms with Gasteiger partial charge in [-0.25, -0.2) is 4.68 Å². The fourth-order valence-electron chi connectivity index (χ4n) is 3.00. The molecule has 0 bridgehead atoms. The predicted octanol–water partition coefficient (Wildman–Crippen LogP) is 2.03. The van der Waals surface area contributed by atoms with E-state index in [1.165, 1.54) is 0 Å². The molecule has 0 radical (unpaired) electrons. The van der Waals surface area contributed by atoms with E-state index in [0.29, 0.717) is 16.1 Å². The zero-order valence-electron chi connectivity index (χ0n) is 17.3. The van der Waals surface area contributed by atoms with E-state index in [1.807, 2.05) is 31.3 Å². The highest BCUT2D eigenvalue weighted by Gasteiger charge is 2.13. The molecule has 0 spiro atoms. The van der Waals surface area contributed by atoms with Gasteiger partial charge in [-0.1, -0.05) is 29.8 Å². The number of halogens is 1. The van der Waals surface area contributed by atoms with Gasteiger partial charge < -0.3 is 21.9 Å². The number of carboxylic acid groups (broad SMARTS) is 1. The van der Waals surface area contributed by atoms with E-state index in [2.05, 4.69) is 15.4 Å². The molecule has 1 amide bonds. The topological polar surface area (TPSA) is 149 Å². The van der Waals surface area contributed by atoms with E-state index in [0.717, 1.165) is 16.9 Å². The number of carbonyl (C=O) groups is 2. The number of aliphatic imine (C=N–C) groups is 1. The number of benzene rings is 2. The van der Waals surface area contributed by atoms with Gasteiger partial charge in [-0.3, -0.25) is 9.59 Å². The highest BCUT2D eigenvalue weighted by molar-refractivity contribution is 6.31. The van der Waals surface area contributed by atoms with Crippen LogP contribution in [0.4, 0.5) is 0 Å². The van der Waals surface area contributed by atoms with Crippen molar-refractivity contribution in [3.63, 3.8) is 0 Å². The van der Waals surface area contributed by atoms with Crippen molar-refractivity contribution < 1.29 is 14.7 Å². The lowest BCUT2D eigenvalue weighted by atomic mass is 10.0. The van der Waals surface area contributed by atoms with E-state index in [-0.39, 0.29) is 18.9 Å². The Morgan fingerprint density at radius 3 is 2.56 bits per heavy atom. The Morgan fingerprint density at radius 2 is 1.94 bits per heavy atom. The van der Waals surface area contributed by atoms with Crippen molar-refractivity contribution in [2.75, 3.05) is 0 Å². The molecule has 32 heavy (non-hydrogen) atoms. The van der Waals surface area contributed by atoms with Crippen molar-refractivity contribution in [1.82, 2.24) is 15.1 Å². The first kappa shape index (κ1) is 23.0. The predicted molar refractivity (Wildman–Crippen MR) is 122 cm³/mol. The number of aromatic nitrogens is 2. The summed E-state index contributed by atoms with van der Waals surface area (Å²) in [6.07, 6.45) is 1.99. The Bertz CT molecular complexity index is 1160. The number of rotatable bonds is 7. The lowest BCUT2D eigenvalue weighted by Gasteiger charge is -2.13. The molecule has 0 aliphatic rings. The Labute approximate surface area is 189 Å². The number of aryl methyl sites for hydroxylation is 1. The summed E-state index contributed by atoms with van der Waals surface area (Å²) in [7, 11) is 0. The molecule has 1 aromatic heterocycles. The molecule has 3 rings (SSSR count). The third-order valence-electron chi connectivity index (χ3n) is 4.71. The van der Waals surface area contributed by atoms with Crippen LogP contribution in [-0.4, -0.2) is 38.8 Å². The third kappa shape index (κ3) is 5.71. The second-order valence-electron chi connectivity index (χ2n) is 7.14. The Hall–Kier alpha value is -3.69. The molecule has 166 valence electrons. The van der Waals surface area contributed by atoms with E-state index in [4.69, 9.17) is 28.2 Å². The van der Waals surface area contributed by atoms with Gasteiger partial charge in [0, 0.05) is 28.9 Å². The Balaban J connectivity index is 1.68. The van der Waals surface area contributed by atoms with Crippen LogP contribution in [0.2, 0.25) is 5.02 Å². The van der Waals surface area contributed by atoms with Crippen LogP contribution in [0, 0.1) is 6.92 Å². The van der Waals surface area contributed by atoms with Crippen molar-refractivity contribution >= 4 is 29.4 Å². The highest BCUT2D eigenvalue weighted by atomic mass is 35.5. The summed E-state index contributed by atoms with van der Waals surface area (Å²) in [5.41, 5.74) is 14.8. The van der Waals surface area contributed by atoms with Gasteiger partial charge in [0.15, 0.2) is 5.96 Å². The first-order valence-corrected chi connectivity index (χ1v) is 10.1. The Kier molecular flexibility index (Phi) is 7.24. The molecule has 2 aromatic carbocycles. The standard InChI is InChI=1S/C22H23ClN6O3/c1-13-9-10-29(28-13)19-4-2-3-17(23)16(19)12-26-22(25)27-20(30)15-7-5-14(6-8-15)11-18(24)21(31)32/h2-10,18H,11-12,24H2,1H3,(H,31,32)(H3,25,26,27,30)/t18-/m0/s1. The molecule has 1 atom stereocenters. The van der Waals surface area contributed by atoms with Crippen LogP contribution in [0.5, 0.6) is 0 Å². The largest absolute Gasteiger partial charge is 0.480 e. The number of hydrogen-bond acceptors (Lipinski definition) is 4. The number of aliphatic carboxylic acids is 1. The number of carboxylic acids is 1. The van der Waals surface area contributed by atoms with Gasteiger partial charge in [-0.05, 0) is 49.2 Å². The molecular formula is C22H23ClN6O3. The van der Waals surface area contributed by atoms with Crippen molar-refractivity contribution in [3.05, 3.63) is 82.1 Å². The van der Waals surface area contributed by atoms with Crippen molar-refractivity contribution in [2.24, 2.45) is 16.5 Å². The van der Waals surface area contributed by atoms with E-state index < -0.39 is 17.9 Å². The second kappa shape index (κ2) is 10.1. The van der Waals surface area contributed by atoms with Gasteiger partial charge in [-0.2, -0.15) is 10.1 Å². The minimum Gasteiger partial charge on any atom is -0.480 e. The molecule has 0 fully saturated rings. The molecule has 0 saturated carbocycles. The molecule has 0 unspecified atom stereocenters. The number of amides is 1. The zero-order chi connectivity index (χ0) is 23.3. The van der Waals surface area contributed by atoms with Gasteiger partial charge in [0.2, 0.25) is 0 Å². The molecule has 9 nitrogen and oxygen atoms in total. The zero-order valence-corrected chi connectivity index (χ0v) is 18.1. The van der Waals surface area contributed by atoms with E-state index in [1.54, 1.807) is 35.0 Å². The van der Waals surface area contributed by atoms with Crippen LogP contribution >= 0.6 is 11.6 Å². The summed E-state index contributed by atoms with van der Waals surface area (Å²) in [6, 6.07) is 12.7. The van der Waals surface area contributed by atoms with Gasteiger partial charge in [-0.15, -0.1) is 0 Å². The number of nitrogens with two attached hydrogens (primary N) is 2. The van der Waals surface area contributed by atoms with Crippen molar-refractivity contribution in [1.29, 1.82) is 0 Å². The summed E-state index contributed by atoms with van der Waals surface area (Å²) in [5.74, 6) is -1.68. The quantitative estimate of drug-likeness (QED) is 0.315. The monoisotopic (exact) mass is 454 g/mol. The highest BCUT2D eigenvalue weighted by Crippen LogP contribution is 2.23. The first-order valence-electron chi connectivity index (χ1n) is 9.74. The molecule has 0 saturated heterocycles. The summed E-state index contributed by atoms with van der Waals surface area (Å²) >= 11 is 6.37. The molecule has 6 N–H and O–H groups in total. The lowest BCUT2D eigenvalue weighted by molar-refractivity contribution is -0.138. The third-order valence-corrected chi connectivity index (χ3v) is 5.06.